The van der Waals surface area contributed by atoms with Crippen LogP contribution in [0.25, 0.3) is 0 Å². The van der Waals surface area contributed by atoms with E-state index in [0.29, 0.717) is 36.7 Å². The normalized spacial score (nSPS) is 23.8. The molecule has 0 bridgehead atoms. The largest absolute Gasteiger partial charge is 0.493 e. The van der Waals surface area contributed by atoms with Crippen LogP contribution in [0, 0.1) is 0 Å². The van der Waals surface area contributed by atoms with Gasteiger partial charge in [0.05, 0.1) is 26.4 Å². The molecule has 2 aliphatic rings. The first-order chi connectivity index (χ1) is 9.26. The Morgan fingerprint density at radius 3 is 2.63 bits per heavy atom. The molecule has 0 radical (unpaired) electrons. The zero-order valence-electron chi connectivity index (χ0n) is 10.8. The van der Waals surface area contributed by atoms with E-state index in [1.54, 1.807) is 25.3 Å². The summed E-state index contributed by atoms with van der Waals surface area (Å²) in [6, 6.07) is 5.24. The number of benzene rings is 1. The maximum Gasteiger partial charge on any atom is 0.165 e. The van der Waals surface area contributed by atoms with Gasteiger partial charge in [0.1, 0.15) is 12.7 Å². The molecule has 2 atom stereocenters. The third kappa shape index (κ3) is 3.24. The minimum atomic E-state index is 0.0675. The van der Waals surface area contributed by atoms with Gasteiger partial charge < -0.3 is 18.9 Å². The number of rotatable bonds is 7. The molecule has 5 heteroatoms. The fourth-order valence-electron chi connectivity index (χ4n) is 1.82. The van der Waals surface area contributed by atoms with Crippen molar-refractivity contribution in [1.82, 2.24) is 0 Å². The minimum absolute atomic E-state index is 0.0675. The van der Waals surface area contributed by atoms with Gasteiger partial charge in [-0.1, -0.05) is 0 Å². The molecule has 1 aromatic rings. The van der Waals surface area contributed by atoms with Crippen LogP contribution in [0.4, 0.5) is 0 Å². The number of ketones is 1. The monoisotopic (exact) mass is 264 g/mol. The van der Waals surface area contributed by atoms with Crippen LogP contribution in [0.5, 0.6) is 11.5 Å². The van der Waals surface area contributed by atoms with Gasteiger partial charge in [-0.05, 0) is 18.2 Å². The standard InChI is InChI=1S/C14H16O5/c1-16-14-4-9(12(15)5-10-6-17-10)2-3-13(14)19-8-11-7-18-11/h2-4,10-11H,5-8H2,1H3. The summed E-state index contributed by atoms with van der Waals surface area (Å²) in [6.07, 6.45) is 0.721. The Hall–Kier alpha value is -1.59. The van der Waals surface area contributed by atoms with Crippen molar-refractivity contribution in [3.63, 3.8) is 0 Å². The summed E-state index contributed by atoms with van der Waals surface area (Å²) in [5, 5.41) is 0. The summed E-state index contributed by atoms with van der Waals surface area (Å²) in [4.78, 5) is 12.0. The van der Waals surface area contributed by atoms with Crippen molar-refractivity contribution in [2.75, 3.05) is 26.9 Å². The molecule has 0 N–H and O–H groups in total. The third-order valence-electron chi connectivity index (χ3n) is 3.13. The van der Waals surface area contributed by atoms with Crippen molar-refractivity contribution in [1.29, 1.82) is 0 Å². The number of carbonyl (C=O) groups is 1. The van der Waals surface area contributed by atoms with E-state index in [4.69, 9.17) is 18.9 Å². The molecule has 1 aromatic carbocycles. The first kappa shape index (κ1) is 12.4. The molecule has 2 heterocycles. The number of hydrogen-bond donors (Lipinski definition) is 0. The van der Waals surface area contributed by atoms with Gasteiger partial charge >= 0.3 is 0 Å². The molecule has 2 unspecified atom stereocenters. The van der Waals surface area contributed by atoms with Crippen molar-refractivity contribution >= 4 is 5.78 Å². The summed E-state index contributed by atoms with van der Waals surface area (Å²) in [7, 11) is 1.56. The van der Waals surface area contributed by atoms with E-state index in [9.17, 15) is 4.79 Å². The topological polar surface area (TPSA) is 60.6 Å². The van der Waals surface area contributed by atoms with Crippen molar-refractivity contribution in [3.8, 4) is 11.5 Å². The van der Waals surface area contributed by atoms with Crippen LogP contribution in [-0.2, 0) is 9.47 Å². The van der Waals surface area contributed by atoms with Crippen LogP contribution in [0.2, 0.25) is 0 Å². The summed E-state index contributed by atoms with van der Waals surface area (Å²) in [6.45, 7) is 1.95. The summed E-state index contributed by atoms with van der Waals surface area (Å²) in [5.41, 5.74) is 0.627. The second kappa shape index (κ2) is 5.19. The van der Waals surface area contributed by atoms with E-state index < -0.39 is 0 Å². The highest BCUT2D eigenvalue weighted by Gasteiger charge is 2.27. The van der Waals surface area contributed by atoms with Gasteiger partial charge in [-0.2, -0.15) is 0 Å². The summed E-state index contributed by atoms with van der Waals surface area (Å²) < 4.78 is 21.0. The average molecular weight is 264 g/mol. The van der Waals surface area contributed by atoms with E-state index in [2.05, 4.69) is 0 Å². The highest BCUT2D eigenvalue weighted by molar-refractivity contribution is 5.97. The molecule has 0 saturated carbocycles. The number of carbonyl (C=O) groups excluding carboxylic acids is 1. The fourth-order valence-corrected chi connectivity index (χ4v) is 1.82. The predicted molar refractivity (Wildman–Crippen MR) is 66.9 cm³/mol. The summed E-state index contributed by atoms with van der Waals surface area (Å²) >= 11 is 0. The van der Waals surface area contributed by atoms with Gasteiger partial charge in [-0.15, -0.1) is 0 Å². The van der Waals surface area contributed by atoms with Gasteiger partial charge in [0.2, 0.25) is 0 Å². The van der Waals surface area contributed by atoms with Gasteiger partial charge in [-0.25, -0.2) is 0 Å². The van der Waals surface area contributed by atoms with Crippen LogP contribution in [-0.4, -0.2) is 44.9 Å². The number of Topliss-reactive ketones (excluding diaryl/α,β-unsaturated/α-hetero) is 1. The number of epoxide rings is 2. The molecule has 3 rings (SSSR count). The fraction of sp³-hybridized carbons (Fsp3) is 0.500. The molecular weight excluding hydrogens is 248 g/mol. The molecule has 0 aromatic heterocycles. The highest BCUT2D eigenvalue weighted by atomic mass is 16.6. The highest BCUT2D eigenvalue weighted by Crippen LogP contribution is 2.30. The Balaban J connectivity index is 1.69. The lowest BCUT2D eigenvalue weighted by Crippen LogP contribution is -2.07. The SMILES string of the molecule is COc1cc(C(=O)CC2CO2)ccc1OCC1CO1. The molecular formula is C14H16O5. The summed E-state index contributed by atoms with van der Waals surface area (Å²) in [5.74, 6) is 1.28. The third-order valence-corrected chi connectivity index (χ3v) is 3.13. The van der Waals surface area contributed by atoms with Gasteiger partial charge in [0.25, 0.3) is 0 Å². The van der Waals surface area contributed by atoms with Gasteiger partial charge in [0.15, 0.2) is 17.3 Å². The average Bonchev–Trinajstić information content (AvgIpc) is 3.30. The van der Waals surface area contributed by atoms with Crippen molar-refractivity contribution in [2.45, 2.75) is 18.6 Å². The zero-order chi connectivity index (χ0) is 13.2. The van der Waals surface area contributed by atoms with Crippen molar-refractivity contribution in [2.24, 2.45) is 0 Å². The number of hydrogen-bond acceptors (Lipinski definition) is 5. The molecule has 19 heavy (non-hydrogen) atoms. The lowest BCUT2D eigenvalue weighted by molar-refractivity contribution is 0.0972. The van der Waals surface area contributed by atoms with Crippen LogP contribution in [0.3, 0.4) is 0 Å². The molecule has 0 amide bonds. The number of methoxy groups -OCH3 is 1. The molecule has 5 nitrogen and oxygen atoms in total. The maximum atomic E-state index is 12.0. The Labute approximate surface area is 111 Å². The lowest BCUT2D eigenvalue weighted by Gasteiger charge is -2.11. The Morgan fingerprint density at radius 1 is 1.26 bits per heavy atom. The van der Waals surface area contributed by atoms with Crippen molar-refractivity contribution < 1.29 is 23.7 Å². The Bertz CT molecular complexity index is 477. The van der Waals surface area contributed by atoms with Crippen LogP contribution in [0.15, 0.2) is 18.2 Å². The van der Waals surface area contributed by atoms with Crippen LogP contribution < -0.4 is 9.47 Å². The quantitative estimate of drug-likeness (QED) is 0.551. The molecule has 2 fully saturated rings. The van der Waals surface area contributed by atoms with E-state index in [1.807, 2.05) is 0 Å². The predicted octanol–water partition coefficient (Wildman–Crippen LogP) is 1.44. The van der Waals surface area contributed by atoms with Gasteiger partial charge in [0, 0.05) is 12.0 Å². The van der Waals surface area contributed by atoms with E-state index in [0.717, 1.165) is 6.61 Å². The molecule has 102 valence electrons. The van der Waals surface area contributed by atoms with Crippen LogP contribution >= 0.6 is 0 Å². The Morgan fingerprint density at radius 2 is 2.00 bits per heavy atom. The molecule has 2 aliphatic heterocycles. The Kier molecular flexibility index (Phi) is 3.40. The molecule has 2 saturated heterocycles. The molecule has 0 aliphatic carbocycles. The van der Waals surface area contributed by atoms with Gasteiger partial charge in [-0.3, -0.25) is 4.79 Å². The van der Waals surface area contributed by atoms with E-state index >= 15 is 0 Å². The molecule has 0 spiro atoms. The second-order valence-corrected chi connectivity index (χ2v) is 4.71. The zero-order valence-corrected chi connectivity index (χ0v) is 10.8. The first-order valence-electron chi connectivity index (χ1n) is 6.33. The lowest BCUT2D eigenvalue weighted by atomic mass is 10.1. The maximum absolute atomic E-state index is 12.0. The van der Waals surface area contributed by atoms with Crippen LogP contribution in [0.1, 0.15) is 16.8 Å². The van der Waals surface area contributed by atoms with Crippen molar-refractivity contribution in [3.05, 3.63) is 23.8 Å². The minimum Gasteiger partial charge on any atom is -0.493 e. The first-order valence-corrected chi connectivity index (χ1v) is 6.33. The van der Waals surface area contributed by atoms with E-state index in [-0.39, 0.29) is 18.0 Å². The second-order valence-electron chi connectivity index (χ2n) is 4.71. The smallest absolute Gasteiger partial charge is 0.165 e. The van der Waals surface area contributed by atoms with E-state index in [1.165, 1.54) is 0 Å². The number of ether oxygens (including phenoxy) is 4.